The molecule has 46 heavy (non-hydrogen) atoms. The third kappa shape index (κ3) is 5.52. The first-order valence-electron chi connectivity index (χ1n) is 17.7. The number of hydrogen-bond acceptors (Lipinski definition) is 1. The molecule has 5 atom stereocenters. The first-order valence-corrected chi connectivity index (χ1v) is 22.1. The predicted molar refractivity (Wildman–Crippen MR) is 202 cm³/mol. The van der Waals surface area contributed by atoms with Gasteiger partial charge >= 0.3 is 0 Å². The second-order valence-electron chi connectivity index (χ2n) is 16.7. The summed E-state index contributed by atoms with van der Waals surface area (Å²) < 4.78 is 0. The molecule has 3 heteroatoms. The summed E-state index contributed by atoms with van der Waals surface area (Å²) >= 11 is 0. The fourth-order valence-electron chi connectivity index (χ4n) is 10.2. The zero-order valence-electron chi connectivity index (χ0n) is 29.2. The second kappa shape index (κ2) is 12.5. The van der Waals surface area contributed by atoms with Crippen molar-refractivity contribution in [3.63, 3.8) is 0 Å². The van der Waals surface area contributed by atoms with Crippen molar-refractivity contribution in [2.24, 2.45) is 29.6 Å². The van der Waals surface area contributed by atoms with E-state index in [2.05, 4.69) is 170 Å². The highest BCUT2D eigenvalue weighted by atomic mass is 28.3. The Labute approximate surface area is 280 Å². The number of hydrogen-bond donors (Lipinski definition) is 0. The molecule has 2 aliphatic rings. The van der Waals surface area contributed by atoms with Gasteiger partial charge in [0, 0.05) is 11.8 Å². The minimum absolute atomic E-state index is 0.104. The molecule has 240 valence electrons. The Morgan fingerprint density at radius 2 is 0.826 bits per heavy atom. The van der Waals surface area contributed by atoms with Gasteiger partial charge in [0.1, 0.15) is 21.9 Å². The summed E-state index contributed by atoms with van der Waals surface area (Å²) in [6.45, 7) is 17.3. The van der Waals surface area contributed by atoms with Crippen LogP contribution in [0, 0.1) is 29.6 Å². The van der Waals surface area contributed by atoms with E-state index < -0.39 is 16.1 Å². The monoisotopic (exact) mass is 642 g/mol. The van der Waals surface area contributed by atoms with Crippen LogP contribution in [0.15, 0.2) is 121 Å². The molecule has 2 fully saturated rings. The van der Waals surface area contributed by atoms with Crippen LogP contribution in [0.3, 0.4) is 0 Å². The Balaban J connectivity index is 1.42. The van der Waals surface area contributed by atoms with Crippen molar-refractivity contribution in [1.29, 1.82) is 0 Å². The highest BCUT2D eigenvalue weighted by molar-refractivity contribution is 7.05. The van der Waals surface area contributed by atoms with Crippen LogP contribution in [0.5, 0.6) is 0 Å². The third-order valence-electron chi connectivity index (χ3n) is 12.5. The van der Waals surface area contributed by atoms with Crippen molar-refractivity contribution >= 4 is 42.7 Å². The first-order chi connectivity index (χ1) is 21.9. The van der Waals surface area contributed by atoms with E-state index >= 15 is 0 Å². The molecule has 0 amide bonds. The summed E-state index contributed by atoms with van der Waals surface area (Å²) in [7, 11) is -4.52. The molecule has 2 saturated carbocycles. The smallest absolute Gasteiger partial charge is 0.139 e. The average molecular weight is 643 g/mol. The van der Waals surface area contributed by atoms with Crippen LogP contribution >= 0.6 is 0 Å². The lowest BCUT2D eigenvalue weighted by molar-refractivity contribution is -0.129. The van der Waals surface area contributed by atoms with Crippen LogP contribution in [0.25, 0.3) is 0 Å². The molecule has 2 aliphatic carbocycles. The summed E-state index contributed by atoms with van der Waals surface area (Å²) in [5.74, 6) is 2.30. The topological polar surface area (TPSA) is 17.1 Å². The van der Waals surface area contributed by atoms with E-state index in [9.17, 15) is 4.79 Å². The molecule has 4 aromatic rings. The van der Waals surface area contributed by atoms with Crippen LogP contribution in [-0.4, -0.2) is 21.9 Å². The highest BCUT2D eigenvalue weighted by Crippen LogP contribution is 2.56. The van der Waals surface area contributed by atoms with E-state index in [1.165, 1.54) is 26.8 Å². The largest absolute Gasteiger partial charge is 0.299 e. The van der Waals surface area contributed by atoms with Gasteiger partial charge in [0.2, 0.25) is 0 Å². The minimum atomic E-state index is -2.28. The minimum Gasteiger partial charge on any atom is -0.299 e. The van der Waals surface area contributed by atoms with Gasteiger partial charge in [0.15, 0.2) is 0 Å². The summed E-state index contributed by atoms with van der Waals surface area (Å²) in [6, 6.07) is 48.0. The maximum atomic E-state index is 14.3. The Hall–Kier alpha value is -3.02. The number of rotatable bonds is 8. The van der Waals surface area contributed by atoms with Gasteiger partial charge in [-0.25, -0.2) is 0 Å². The lowest BCUT2D eigenvalue weighted by atomic mass is 9.72. The highest BCUT2D eigenvalue weighted by Gasteiger charge is 2.58. The third-order valence-corrected chi connectivity index (χ3v) is 25.2. The SMILES string of the molecule is CC1C(C[Si](c2ccccc2)(c2ccccc2)C(C)(C)C)CC2CC(C[Si](c3ccccc3)(c3ccccc3)C(C)(C)C)C1C2=O. The molecular formula is C43H54OSi2. The molecule has 1 nitrogen and oxygen atoms in total. The summed E-state index contributed by atoms with van der Waals surface area (Å²) in [5, 5.41) is 6.33. The van der Waals surface area contributed by atoms with Gasteiger partial charge in [-0.05, 0) is 52.8 Å². The number of benzene rings is 4. The number of ketones is 1. The van der Waals surface area contributed by atoms with E-state index in [1.54, 1.807) is 0 Å². The van der Waals surface area contributed by atoms with E-state index in [0.717, 1.165) is 18.9 Å². The summed E-state index contributed by atoms with van der Waals surface area (Å²) in [4.78, 5) is 14.3. The van der Waals surface area contributed by atoms with Crippen LogP contribution in [0.2, 0.25) is 22.2 Å². The normalized spacial score (nSPS) is 23.8. The van der Waals surface area contributed by atoms with E-state index in [1.807, 2.05) is 0 Å². The van der Waals surface area contributed by atoms with E-state index in [-0.39, 0.29) is 21.9 Å². The molecule has 2 bridgehead atoms. The van der Waals surface area contributed by atoms with Gasteiger partial charge < -0.3 is 0 Å². The molecule has 4 aromatic carbocycles. The lowest BCUT2D eigenvalue weighted by Crippen LogP contribution is -2.66. The quantitative estimate of drug-likeness (QED) is 0.176. The molecule has 0 N–H and O–H groups in total. The van der Waals surface area contributed by atoms with Crippen molar-refractivity contribution < 1.29 is 4.79 Å². The maximum Gasteiger partial charge on any atom is 0.139 e. The molecule has 0 radical (unpaired) electrons. The van der Waals surface area contributed by atoms with Gasteiger partial charge in [0.25, 0.3) is 0 Å². The Bertz CT molecular complexity index is 1520. The molecule has 0 aliphatic heterocycles. The van der Waals surface area contributed by atoms with Crippen molar-refractivity contribution in [3.05, 3.63) is 121 Å². The Morgan fingerprint density at radius 1 is 0.522 bits per heavy atom. The number of carbonyl (C=O) groups excluding carboxylic acids is 1. The first kappa shape index (κ1) is 32.9. The zero-order chi connectivity index (χ0) is 32.7. The number of Topliss-reactive ketones (excluding diaryl/α,β-unsaturated/α-hetero) is 1. The molecule has 0 aromatic heterocycles. The number of carbonyl (C=O) groups is 1. The lowest BCUT2D eigenvalue weighted by Gasteiger charge is -2.49. The van der Waals surface area contributed by atoms with Gasteiger partial charge in [-0.3, -0.25) is 4.79 Å². The Kier molecular flexibility index (Phi) is 8.97. The molecular weight excluding hydrogens is 589 g/mol. The standard InChI is InChI=1S/C43H54OSi2/c1-32-34(30-45(42(2,3)4,36-20-12-8-13-21-36)37-22-14-9-15-23-37)28-33-29-35(40(32)41(33)44)31-46(43(5,6)7,38-24-16-10-17-25-38)39-26-18-11-19-27-39/h8-27,32-35,40H,28-31H2,1-7H3. The van der Waals surface area contributed by atoms with Gasteiger partial charge in [-0.2, -0.15) is 0 Å². The van der Waals surface area contributed by atoms with Crippen molar-refractivity contribution in [2.75, 3.05) is 0 Å². The molecule has 0 heterocycles. The maximum absolute atomic E-state index is 14.3. The summed E-state index contributed by atoms with van der Waals surface area (Å²) in [6.07, 6.45) is 2.12. The van der Waals surface area contributed by atoms with Gasteiger partial charge in [-0.1, -0.05) is 191 Å². The fraction of sp³-hybridized carbons (Fsp3) is 0.419. The van der Waals surface area contributed by atoms with Crippen LogP contribution in [0.4, 0.5) is 0 Å². The summed E-state index contributed by atoms with van der Waals surface area (Å²) in [5.41, 5.74) is 0. The Morgan fingerprint density at radius 3 is 1.15 bits per heavy atom. The van der Waals surface area contributed by atoms with Crippen LogP contribution < -0.4 is 20.7 Å². The predicted octanol–water partition coefficient (Wildman–Crippen LogP) is 8.59. The molecule has 6 rings (SSSR count). The molecule has 0 spiro atoms. The van der Waals surface area contributed by atoms with Crippen LogP contribution in [-0.2, 0) is 4.79 Å². The fourth-order valence-corrected chi connectivity index (χ4v) is 22.1. The molecule has 0 saturated heterocycles. The van der Waals surface area contributed by atoms with E-state index in [0.29, 0.717) is 23.5 Å². The van der Waals surface area contributed by atoms with Crippen molar-refractivity contribution in [3.8, 4) is 0 Å². The van der Waals surface area contributed by atoms with Crippen molar-refractivity contribution in [2.45, 2.75) is 83.5 Å². The van der Waals surface area contributed by atoms with Crippen LogP contribution in [0.1, 0.15) is 61.3 Å². The van der Waals surface area contributed by atoms with E-state index in [4.69, 9.17) is 0 Å². The van der Waals surface area contributed by atoms with Gasteiger partial charge in [0.05, 0.1) is 0 Å². The average Bonchev–Trinajstić information content (AvgIpc) is 3.27. The van der Waals surface area contributed by atoms with Gasteiger partial charge in [-0.15, -0.1) is 0 Å². The zero-order valence-corrected chi connectivity index (χ0v) is 31.2. The molecule has 5 unspecified atom stereocenters. The number of fused-ring (bicyclic) bond motifs is 2. The van der Waals surface area contributed by atoms with Crippen molar-refractivity contribution in [1.82, 2.24) is 0 Å². The second-order valence-corrected chi connectivity index (χ2v) is 26.4.